The van der Waals surface area contributed by atoms with Gasteiger partial charge in [-0.25, -0.2) is 17.8 Å². The lowest BCUT2D eigenvalue weighted by atomic mass is 9.89. The van der Waals surface area contributed by atoms with E-state index in [-0.39, 0.29) is 18.1 Å². The van der Waals surface area contributed by atoms with Gasteiger partial charge < -0.3 is 9.72 Å². The number of sulfonamides is 1. The van der Waals surface area contributed by atoms with Crippen LogP contribution in [0.3, 0.4) is 0 Å². The van der Waals surface area contributed by atoms with Crippen LogP contribution >= 0.6 is 0 Å². The van der Waals surface area contributed by atoms with Gasteiger partial charge >= 0.3 is 0 Å². The average molecular weight is 461 g/mol. The third kappa shape index (κ3) is 4.46. The summed E-state index contributed by atoms with van der Waals surface area (Å²) in [6, 6.07) is 10.6. The SMILES string of the molecule is CCS(=O)(=O)N(CC(=O)Nc1nc2ccccc2[nH]1)C1CC(C)(C)Oc2ccc(F)cc21. The van der Waals surface area contributed by atoms with Crippen LogP contribution in [0.2, 0.25) is 0 Å². The van der Waals surface area contributed by atoms with Crippen LogP contribution in [0.5, 0.6) is 5.75 Å². The standard InChI is InChI=1S/C22H25FN4O4S/c1-4-32(29,30)27(13-20(28)26-21-24-16-7-5-6-8-17(16)25-21)18-12-22(2,3)31-19-10-9-14(23)11-15(18)19/h5-11,18H,4,12-13H2,1-3H3,(H2,24,25,26,28). The van der Waals surface area contributed by atoms with Gasteiger partial charge in [0.2, 0.25) is 21.9 Å². The smallest absolute Gasteiger partial charge is 0.242 e. The van der Waals surface area contributed by atoms with E-state index in [1.807, 2.05) is 32.0 Å². The van der Waals surface area contributed by atoms with Gasteiger partial charge in [-0.05, 0) is 51.1 Å². The van der Waals surface area contributed by atoms with Crippen molar-refractivity contribution in [1.29, 1.82) is 0 Å². The molecule has 0 spiro atoms. The van der Waals surface area contributed by atoms with E-state index in [1.165, 1.54) is 25.1 Å². The minimum atomic E-state index is -3.81. The summed E-state index contributed by atoms with van der Waals surface area (Å²) < 4.78 is 47.1. The molecule has 2 heterocycles. The van der Waals surface area contributed by atoms with Gasteiger partial charge in [0, 0.05) is 12.0 Å². The van der Waals surface area contributed by atoms with Gasteiger partial charge in [0.15, 0.2) is 0 Å². The summed E-state index contributed by atoms with van der Waals surface area (Å²) in [6.45, 7) is 4.73. The highest BCUT2D eigenvalue weighted by molar-refractivity contribution is 7.89. The van der Waals surface area contributed by atoms with E-state index in [9.17, 15) is 17.6 Å². The second-order valence-electron chi connectivity index (χ2n) is 8.36. The number of hydrogen-bond donors (Lipinski definition) is 2. The third-order valence-corrected chi connectivity index (χ3v) is 7.25. The van der Waals surface area contributed by atoms with Crippen LogP contribution < -0.4 is 10.1 Å². The number of rotatable bonds is 6. The van der Waals surface area contributed by atoms with Crippen molar-refractivity contribution >= 4 is 32.9 Å². The topological polar surface area (TPSA) is 104 Å². The molecular formula is C22H25FN4O4S. The predicted octanol–water partition coefficient (Wildman–Crippen LogP) is 3.59. The summed E-state index contributed by atoms with van der Waals surface area (Å²) in [5.41, 5.74) is 1.12. The van der Waals surface area contributed by atoms with Crippen molar-refractivity contribution in [3.05, 3.63) is 53.8 Å². The summed E-state index contributed by atoms with van der Waals surface area (Å²) in [5, 5.41) is 2.64. The highest BCUT2D eigenvalue weighted by Crippen LogP contribution is 2.43. The fourth-order valence-corrected chi connectivity index (χ4v) is 5.16. The van der Waals surface area contributed by atoms with Gasteiger partial charge in [-0.15, -0.1) is 0 Å². The number of carbonyl (C=O) groups is 1. The molecule has 0 bridgehead atoms. The number of hydrogen-bond acceptors (Lipinski definition) is 5. The van der Waals surface area contributed by atoms with Crippen LogP contribution in [0.4, 0.5) is 10.3 Å². The first kappa shape index (κ1) is 22.2. The van der Waals surface area contributed by atoms with Crippen molar-refractivity contribution in [1.82, 2.24) is 14.3 Å². The zero-order chi connectivity index (χ0) is 23.1. The van der Waals surface area contributed by atoms with Crippen molar-refractivity contribution in [3.63, 3.8) is 0 Å². The maximum absolute atomic E-state index is 14.0. The van der Waals surface area contributed by atoms with Gasteiger partial charge in [0.1, 0.15) is 17.2 Å². The number of halogens is 1. The molecule has 170 valence electrons. The molecular weight excluding hydrogens is 435 g/mol. The minimum absolute atomic E-state index is 0.201. The van der Waals surface area contributed by atoms with Crippen LogP contribution in [-0.2, 0) is 14.8 Å². The Hall–Kier alpha value is -2.98. The first-order chi connectivity index (χ1) is 15.1. The summed E-state index contributed by atoms with van der Waals surface area (Å²) in [5.74, 6) is -0.626. The fraction of sp³-hybridized carbons (Fsp3) is 0.364. The molecule has 8 nitrogen and oxygen atoms in total. The lowest BCUT2D eigenvalue weighted by Gasteiger charge is -2.41. The Kier molecular flexibility index (Phi) is 5.68. The van der Waals surface area contributed by atoms with E-state index in [0.29, 0.717) is 16.8 Å². The number of fused-ring (bicyclic) bond motifs is 2. The number of anilines is 1. The van der Waals surface area contributed by atoms with E-state index in [1.54, 1.807) is 6.07 Å². The monoisotopic (exact) mass is 460 g/mol. The predicted molar refractivity (Wildman–Crippen MR) is 119 cm³/mol. The number of amides is 1. The number of carbonyl (C=O) groups excluding carboxylic acids is 1. The van der Waals surface area contributed by atoms with E-state index >= 15 is 0 Å². The van der Waals surface area contributed by atoms with Crippen molar-refractivity contribution in [2.45, 2.75) is 38.8 Å². The van der Waals surface area contributed by atoms with Crippen LogP contribution in [0.15, 0.2) is 42.5 Å². The molecule has 1 amide bonds. The highest BCUT2D eigenvalue weighted by Gasteiger charge is 2.41. The molecule has 1 atom stereocenters. The largest absolute Gasteiger partial charge is 0.487 e. The molecule has 10 heteroatoms. The molecule has 1 unspecified atom stereocenters. The third-order valence-electron chi connectivity index (χ3n) is 5.42. The molecule has 0 saturated carbocycles. The molecule has 0 radical (unpaired) electrons. The number of ether oxygens (including phenoxy) is 1. The number of aromatic amines is 1. The first-order valence-corrected chi connectivity index (χ1v) is 11.9. The van der Waals surface area contributed by atoms with E-state index in [2.05, 4.69) is 15.3 Å². The highest BCUT2D eigenvalue weighted by atomic mass is 32.2. The average Bonchev–Trinajstić information content (AvgIpc) is 3.13. The molecule has 0 saturated heterocycles. The number of benzene rings is 2. The number of imidazole rings is 1. The quantitative estimate of drug-likeness (QED) is 0.585. The molecule has 1 aliphatic rings. The Labute approximate surface area is 185 Å². The number of para-hydroxylation sites is 2. The van der Waals surface area contributed by atoms with Gasteiger partial charge in [-0.2, -0.15) is 4.31 Å². The molecule has 3 aromatic rings. The van der Waals surface area contributed by atoms with E-state index in [4.69, 9.17) is 4.74 Å². The van der Waals surface area contributed by atoms with E-state index < -0.39 is 39.9 Å². The molecule has 0 aliphatic carbocycles. The van der Waals surface area contributed by atoms with Gasteiger partial charge in [0.05, 0.1) is 29.4 Å². The second kappa shape index (κ2) is 8.18. The second-order valence-corrected chi connectivity index (χ2v) is 10.6. The summed E-state index contributed by atoms with van der Waals surface area (Å²) in [7, 11) is -3.81. The van der Waals surface area contributed by atoms with Gasteiger partial charge in [0.25, 0.3) is 0 Å². The lowest BCUT2D eigenvalue weighted by Crippen LogP contribution is -2.47. The Morgan fingerprint density at radius 1 is 1.31 bits per heavy atom. The molecule has 32 heavy (non-hydrogen) atoms. The zero-order valence-corrected chi connectivity index (χ0v) is 18.9. The minimum Gasteiger partial charge on any atom is -0.487 e. The molecule has 2 aromatic carbocycles. The number of aromatic nitrogens is 2. The summed E-state index contributed by atoms with van der Waals surface area (Å²) in [6.07, 6.45) is 0.264. The number of nitrogens with zero attached hydrogens (tertiary/aromatic N) is 2. The Bertz CT molecular complexity index is 1240. The zero-order valence-electron chi connectivity index (χ0n) is 18.1. The fourth-order valence-electron chi connectivity index (χ4n) is 3.94. The Morgan fingerprint density at radius 2 is 2.06 bits per heavy atom. The molecule has 1 aromatic heterocycles. The first-order valence-electron chi connectivity index (χ1n) is 10.3. The van der Waals surface area contributed by atoms with Gasteiger partial charge in [-0.3, -0.25) is 10.1 Å². The Balaban J connectivity index is 1.66. The molecule has 0 fully saturated rings. The summed E-state index contributed by atoms with van der Waals surface area (Å²) >= 11 is 0. The van der Waals surface area contributed by atoms with Crippen molar-refractivity contribution in [2.75, 3.05) is 17.6 Å². The van der Waals surface area contributed by atoms with Crippen molar-refractivity contribution in [3.8, 4) is 5.75 Å². The maximum Gasteiger partial charge on any atom is 0.242 e. The number of H-pyrrole nitrogens is 1. The van der Waals surface area contributed by atoms with Crippen LogP contribution in [0.25, 0.3) is 11.0 Å². The molecule has 1 aliphatic heterocycles. The van der Waals surface area contributed by atoms with E-state index in [0.717, 1.165) is 9.82 Å². The molecule has 4 rings (SSSR count). The van der Waals surface area contributed by atoms with Crippen molar-refractivity contribution < 1.29 is 22.3 Å². The molecule has 2 N–H and O–H groups in total. The summed E-state index contributed by atoms with van der Waals surface area (Å²) in [4.78, 5) is 20.2. The van der Waals surface area contributed by atoms with Crippen LogP contribution in [0, 0.1) is 5.82 Å². The van der Waals surface area contributed by atoms with Crippen molar-refractivity contribution in [2.24, 2.45) is 0 Å². The lowest BCUT2D eigenvalue weighted by molar-refractivity contribution is -0.117. The normalized spacial score (nSPS) is 17.7. The number of nitrogens with one attached hydrogen (secondary N) is 2. The van der Waals surface area contributed by atoms with Crippen LogP contribution in [-0.4, -0.2) is 46.5 Å². The Morgan fingerprint density at radius 3 is 2.78 bits per heavy atom. The maximum atomic E-state index is 14.0. The van der Waals surface area contributed by atoms with Gasteiger partial charge in [-0.1, -0.05) is 12.1 Å². The van der Waals surface area contributed by atoms with Crippen LogP contribution in [0.1, 0.15) is 38.8 Å².